The number of nitrogens with zero attached hydrogens (tertiary/aromatic N) is 1. The van der Waals surface area contributed by atoms with Crippen LogP contribution in [-0.4, -0.2) is 26.3 Å². The maximum absolute atomic E-state index is 12.5. The third kappa shape index (κ3) is 3.56. The molecule has 0 radical (unpaired) electrons. The highest BCUT2D eigenvalue weighted by Gasteiger charge is 2.23. The van der Waals surface area contributed by atoms with Crippen molar-refractivity contribution in [3.8, 4) is 0 Å². The van der Waals surface area contributed by atoms with Crippen LogP contribution in [0.3, 0.4) is 0 Å². The van der Waals surface area contributed by atoms with Gasteiger partial charge in [-0.3, -0.25) is 0 Å². The zero-order valence-electron chi connectivity index (χ0n) is 11.3. The van der Waals surface area contributed by atoms with Gasteiger partial charge < -0.3 is 0 Å². The van der Waals surface area contributed by atoms with Crippen molar-refractivity contribution >= 4 is 26.0 Å². The van der Waals surface area contributed by atoms with Crippen LogP contribution in [0, 0.1) is 12.8 Å². The molecule has 0 aliphatic heterocycles. The van der Waals surface area contributed by atoms with Gasteiger partial charge in [-0.1, -0.05) is 42.3 Å². The summed E-state index contributed by atoms with van der Waals surface area (Å²) in [5, 5.41) is 0. The lowest BCUT2D eigenvalue weighted by molar-refractivity contribution is 0.393. The minimum atomic E-state index is -3.39. The minimum absolute atomic E-state index is 0.359. The topological polar surface area (TPSA) is 37.4 Å². The van der Waals surface area contributed by atoms with Crippen LogP contribution in [0.2, 0.25) is 0 Å². The second-order valence-corrected chi connectivity index (χ2v) is 7.64. The quantitative estimate of drug-likeness (QED) is 0.827. The molecule has 0 aliphatic rings. The van der Waals surface area contributed by atoms with Gasteiger partial charge in [-0.2, -0.15) is 0 Å². The van der Waals surface area contributed by atoms with Gasteiger partial charge in [0.2, 0.25) is 10.0 Å². The van der Waals surface area contributed by atoms with Crippen molar-refractivity contribution in [1.29, 1.82) is 0 Å². The summed E-state index contributed by atoms with van der Waals surface area (Å²) in [4.78, 5) is 0.377. The first-order chi connectivity index (χ1) is 8.28. The van der Waals surface area contributed by atoms with Gasteiger partial charge in [0.15, 0.2) is 0 Å². The highest BCUT2D eigenvalue weighted by molar-refractivity contribution is 9.10. The summed E-state index contributed by atoms with van der Waals surface area (Å²) in [5.74, 6) is 0.359. The fourth-order valence-corrected chi connectivity index (χ4v) is 3.74. The summed E-state index contributed by atoms with van der Waals surface area (Å²) >= 11 is 3.32. The Bertz CT molecular complexity index is 514. The fraction of sp³-hybridized carbons (Fsp3) is 0.538. The van der Waals surface area contributed by atoms with Gasteiger partial charge in [-0.05, 0) is 30.5 Å². The molecule has 0 heterocycles. The highest BCUT2D eigenvalue weighted by Crippen LogP contribution is 2.23. The molecule has 0 saturated carbocycles. The fourth-order valence-electron chi connectivity index (χ4n) is 1.69. The van der Waals surface area contributed by atoms with E-state index in [1.165, 1.54) is 4.31 Å². The minimum Gasteiger partial charge on any atom is -0.207 e. The van der Waals surface area contributed by atoms with Crippen LogP contribution >= 0.6 is 15.9 Å². The van der Waals surface area contributed by atoms with Crippen molar-refractivity contribution in [3.63, 3.8) is 0 Å². The number of hydrogen-bond acceptors (Lipinski definition) is 2. The van der Waals surface area contributed by atoms with Crippen LogP contribution in [0.25, 0.3) is 0 Å². The summed E-state index contributed by atoms with van der Waals surface area (Å²) in [6.45, 7) is 6.48. The van der Waals surface area contributed by atoms with Crippen LogP contribution in [0.5, 0.6) is 0 Å². The van der Waals surface area contributed by atoms with Crippen LogP contribution in [0.15, 0.2) is 27.6 Å². The van der Waals surface area contributed by atoms with Crippen molar-refractivity contribution in [2.75, 3.05) is 13.6 Å². The predicted octanol–water partition coefficient (Wildman–Crippen LogP) is 3.42. The number of sulfonamides is 1. The predicted molar refractivity (Wildman–Crippen MR) is 78.1 cm³/mol. The van der Waals surface area contributed by atoms with Gasteiger partial charge in [0.1, 0.15) is 0 Å². The van der Waals surface area contributed by atoms with E-state index in [0.29, 0.717) is 17.4 Å². The summed E-state index contributed by atoms with van der Waals surface area (Å²) in [6, 6.07) is 5.33. The van der Waals surface area contributed by atoms with E-state index in [2.05, 4.69) is 29.8 Å². The lowest BCUT2D eigenvalue weighted by atomic mass is 10.1. The van der Waals surface area contributed by atoms with Crippen molar-refractivity contribution in [3.05, 3.63) is 28.2 Å². The summed E-state index contributed by atoms with van der Waals surface area (Å²) < 4.78 is 27.1. The number of rotatable bonds is 5. The summed E-state index contributed by atoms with van der Waals surface area (Å²) in [7, 11) is -1.75. The zero-order chi connectivity index (χ0) is 13.9. The molecule has 0 spiro atoms. The Balaban J connectivity index is 3.09. The molecular weight excluding hydrogens is 314 g/mol. The first-order valence-electron chi connectivity index (χ1n) is 6.01. The molecule has 0 aliphatic carbocycles. The first-order valence-corrected chi connectivity index (χ1v) is 8.24. The second-order valence-electron chi connectivity index (χ2n) is 4.71. The van der Waals surface area contributed by atoms with E-state index in [1.807, 2.05) is 19.1 Å². The molecule has 18 heavy (non-hydrogen) atoms. The Morgan fingerprint density at radius 1 is 1.39 bits per heavy atom. The average molecular weight is 334 g/mol. The second kappa shape index (κ2) is 6.17. The molecule has 1 unspecified atom stereocenters. The summed E-state index contributed by atoms with van der Waals surface area (Å²) in [5.41, 5.74) is 0.772. The Hall–Kier alpha value is -0.390. The molecular formula is C13H20BrNO2S. The Labute approximate surface area is 118 Å². The molecule has 3 nitrogen and oxygen atoms in total. The number of halogens is 1. The van der Waals surface area contributed by atoms with Gasteiger partial charge in [0.25, 0.3) is 0 Å². The van der Waals surface area contributed by atoms with E-state index in [0.717, 1.165) is 16.5 Å². The van der Waals surface area contributed by atoms with E-state index in [4.69, 9.17) is 0 Å². The molecule has 1 aromatic carbocycles. The van der Waals surface area contributed by atoms with Gasteiger partial charge in [-0.15, -0.1) is 0 Å². The maximum atomic E-state index is 12.5. The van der Waals surface area contributed by atoms with Gasteiger partial charge in [0, 0.05) is 18.1 Å². The lowest BCUT2D eigenvalue weighted by Gasteiger charge is -2.21. The standard InChI is InChI=1S/C13H20BrNO2S/c1-5-10(2)9-15(4)18(16,17)13-8-12(14)7-6-11(13)3/h6-8,10H,5,9H2,1-4H3. The van der Waals surface area contributed by atoms with Crippen LogP contribution in [-0.2, 0) is 10.0 Å². The van der Waals surface area contributed by atoms with Crippen LogP contribution in [0.1, 0.15) is 25.8 Å². The largest absolute Gasteiger partial charge is 0.243 e. The Morgan fingerprint density at radius 3 is 2.56 bits per heavy atom. The van der Waals surface area contributed by atoms with Crippen molar-refractivity contribution < 1.29 is 8.42 Å². The van der Waals surface area contributed by atoms with Gasteiger partial charge >= 0.3 is 0 Å². The normalized spacial score (nSPS) is 13.9. The molecule has 0 fully saturated rings. The molecule has 0 amide bonds. The number of aryl methyl sites for hydroxylation is 1. The maximum Gasteiger partial charge on any atom is 0.243 e. The van der Waals surface area contributed by atoms with Crippen molar-refractivity contribution in [2.45, 2.75) is 32.1 Å². The molecule has 1 rings (SSSR count). The molecule has 102 valence electrons. The smallest absolute Gasteiger partial charge is 0.207 e. The van der Waals surface area contributed by atoms with Crippen molar-refractivity contribution in [2.24, 2.45) is 5.92 Å². The van der Waals surface area contributed by atoms with E-state index >= 15 is 0 Å². The van der Waals surface area contributed by atoms with Crippen molar-refractivity contribution in [1.82, 2.24) is 4.31 Å². The van der Waals surface area contributed by atoms with E-state index in [-0.39, 0.29) is 0 Å². The van der Waals surface area contributed by atoms with Gasteiger partial charge in [-0.25, -0.2) is 12.7 Å². The van der Waals surface area contributed by atoms with Crippen LogP contribution in [0.4, 0.5) is 0 Å². The third-order valence-electron chi connectivity index (χ3n) is 3.10. The molecule has 0 N–H and O–H groups in total. The average Bonchev–Trinajstić information content (AvgIpc) is 2.31. The molecule has 1 atom stereocenters. The summed E-state index contributed by atoms with van der Waals surface area (Å²) in [6.07, 6.45) is 0.970. The highest BCUT2D eigenvalue weighted by atomic mass is 79.9. The van der Waals surface area contributed by atoms with E-state index in [1.54, 1.807) is 13.1 Å². The van der Waals surface area contributed by atoms with E-state index in [9.17, 15) is 8.42 Å². The molecule has 0 saturated heterocycles. The number of hydrogen-bond donors (Lipinski definition) is 0. The monoisotopic (exact) mass is 333 g/mol. The zero-order valence-corrected chi connectivity index (χ0v) is 13.7. The Morgan fingerprint density at radius 2 is 2.00 bits per heavy atom. The Kier molecular flexibility index (Phi) is 5.37. The van der Waals surface area contributed by atoms with Gasteiger partial charge in [0.05, 0.1) is 4.90 Å². The van der Waals surface area contributed by atoms with Crippen LogP contribution < -0.4 is 0 Å². The van der Waals surface area contributed by atoms with E-state index < -0.39 is 10.0 Å². The molecule has 1 aromatic rings. The lowest BCUT2D eigenvalue weighted by Crippen LogP contribution is -2.31. The molecule has 0 bridgehead atoms. The third-order valence-corrected chi connectivity index (χ3v) is 5.56. The first kappa shape index (κ1) is 15.7. The SMILES string of the molecule is CCC(C)CN(C)S(=O)(=O)c1cc(Br)ccc1C. The number of benzene rings is 1. The molecule has 0 aromatic heterocycles. The molecule has 5 heteroatoms.